The van der Waals surface area contributed by atoms with Gasteiger partial charge in [-0.2, -0.15) is 0 Å². The van der Waals surface area contributed by atoms with Crippen LogP contribution in [0.1, 0.15) is 10.4 Å². The van der Waals surface area contributed by atoms with Crippen molar-refractivity contribution in [1.29, 1.82) is 0 Å². The van der Waals surface area contributed by atoms with Gasteiger partial charge in [0.05, 0.1) is 23.1 Å². The summed E-state index contributed by atoms with van der Waals surface area (Å²) in [7, 11) is -1.27. The Balaban J connectivity index is 1.68. The lowest BCUT2D eigenvalue weighted by Crippen LogP contribution is -2.59. The minimum Gasteiger partial charge on any atom is -0.507 e. The van der Waals surface area contributed by atoms with Crippen molar-refractivity contribution in [2.45, 2.75) is 12.1 Å². The Hall–Kier alpha value is -2.32. The Morgan fingerprint density at radius 2 is 1.81 bits per heavy atom. The average Bonchev–Trinajstić information content (AvgIpc) is 3.22. The summed E-state index contributed by atoms with van der Waals surface area (Å²) in [5.74, 6) is -0.363. The Kier molecular flexibility index (Phi) is 4.04. The summed E-state index contributed by atoms with van der Waals surface area (Å²) in [6.07, 6.45) is 3.71. The van der Waals surface area contributed by atoms with Crippen molar-refractivity contribution in [3.05, 3.63) is 48.3 Å². The highest BCUT2D eigenvalue weighted by Crippen LogP contribution is 2.30. The largest absolute Gasteiger partial charge is 0.507 e. The lowest BCUT2D eigenvalue weighted by molar-refractivity contribution is 0.0407. The topological polar surface area (TPSA) is 82.8 Å². The van der Waals surface area contributed by atoms with Crippen LogP contribution >= 0.6 is 0 Å². The molecule has 8 heteroatoms. The van der Waals surface area contributed by atoms with E-state index in [9.17, 15) is 18.3 Å². The molecule has 2 aliphatic heterocycles. The van der Waals surface area contributed by atoms with Crippen molar-refractivity contribution >= 4 is 15.7 Å². The first kappa shape index (κ1) is 17.1. The second-order valence-electron chi connectivity index (χ2n) is 6.98. The molecule has 0 aliphatic carbocycles. The fourth-order valence-electron chi connectivity index (χ4n) is 3.90. The summed E-state index contributed by atoms with van der Waals surface area (Å²) in [4.78, 5) is 16.8. The number of piperazine rings is 1. The van der Waals surface area contributed by atoms with Crippen molar-refractivity contribution in [2.75, 3.05) is 31.6 Å². The molecule has 2 fully saturated rings. The lowest BCUT2D eigenvalue weighted by atomic mass is 10.0. The normalized spacial score (nSPS) is 25.2. The van der Waals surface area contributed by atoms with Gasteiger partial charge in [-0.25, -0.2) is 8.42 Å². The number of carbonyl (C=O) groups excluding carboxylic acids is 1. The van der Waals surface area contributed by atoms with Crippen LogP contribution in [0.2, 0.25) is 0 Å². The van der Waals surface area contributed by atoms with Crippen LogP contribution in [0.25, 0.3) is 5.69 Å². The van der Waals surface area contributed by atoms with Crippen LogP contribution in [-0.4, -0.2) is 77.5 Å². The summed E-state index contributed by atoms with van der Waals surface area (Å²) < 4.78 is 26.1. The number of amides is 1. The molecule has 0 radical (unpaired) electrons. The first-order valence-corrected chi connectivity index (χ1v) is 10.4. The molecule has 0 unspecified atom stereocenters. The minimum atomic E-state index is -3.17. The number of hydrogen-bond acceptors (Lipinski definition) is 5. The van der Waals surface area contributed by atoms with Gasteiger partial charge in [-0.05, 0) is 37.4 Å². The van der Waals surface area contributed by atoms with E-state index < -0.39 is 9.84 Å². The van der Waals surface area contributed by atoms with Crippen molar-refractivity contribution in [1.82, 2.24) is 14.4 Å². The quantitative estimate of drug-likeness (QED) is 0.837. The number of nitrogens with zero attached hydrogens (tertiary/aromatic N) is 3. The van der Waals surface area contributed by atoms with Gasteiger partial charge in [0, 0.05) is 37.2 Å². The van der Waals surface area contributed by atoms with Crippen LogP contribution in [0.15, 0.2) is 42.7 Å². The van der Waals surface area contributed by atoms with Gasteiger partial charge in [0.15, 0.2) is 9.84 Å². The number of rotatable bonds is 2. The van der Waals surface area contributed by atoms with Crippen molar-refractivity contribution in [3.63, 3.8) is 0 Å². The molecule has 1 aromatic heterocycles. The maximum atomic E-state index is 13.1. The second-order valence-corrected chi connectivity index (χ2v) is 9.14. The van der Waals surface area contributed by atoms with E-state index in [1.165, 1.54) is 6.07 Å². The van der Waals surface area contributed by atoms with E-state index in [2.05, 4.69) is 0 Å². The Morgan fingerprint density at radius 1 is 1.12 bits per heavy atom. The van der Waals surface area contributed by atoms with E-state index in [1.54, 1.807) is 17.0 Å². The number of phenolic OH excluding ortho intramolecular Hbond substituents is 1. The number of phenols is 1. The van der Waals surface area contributed by atoms with Gasteiger partial charge in [-0.1, -0.05) is 0 Å². The second kappa shape index (κ2) is 6.14. The van der Waals surface area contributed by atoms with Gasteiger partial charge < -0.3 is 14.6 Å². The third kappa shape index (κ3) is 2.89. The lowest BCUT2D eigenvalue weighted by Gasteiger charge is -2.42. The maximum Gasteiger partial charge on any atom is 0.258 e. The highest BCUT2D eigenvalue weighted by Gasteiger charge is 2.47. The third-order valence-electron chi connectivity index (χ3n) is 5.33. The predicted molar refractivity (Wildman–Crippen MR) is 97.3 cm³/mol. The summed E-state index contributed by atoms with van der Waals surface area (Å²) in [5, 5.41) is 10.2. The molecular formula is C18H21N3O4S. The Morgan fingerprint density at radius 3 is 2.54 bits per heavy atom. The van der Waals surface area contributed by atoms with E-state index in [1.807, 2.05) is 41.0 Å². The fraction of sp³-hybridized carbons (Fsp3) is 0.389. The number of fused-ring (bicyclic) bond motifs is 1. The SMILES string of the molecule is CN1CCN(C(=O)c2cc(-n3cccc3)ccc2O)[C@@H]2CS(=O)(=O)C[C@@H]21. The zero-order valence-corrected chi connectivity index (χ0v) is 15.3. The zero-order valence-electron chi connectivity index (χ0n) is 14.4. The number of aromatic nitrogens is 1. The highest BCUT2D eigenvalue weighted by atomic mass is 32.2. The molecule has 0 bridgehead atoms. The van der Waals surface area contributed by atoms with E-state index in [-0.39, 0.29) is 40.8 Å². The van der Waals surface area contributed by atoms with Gasteiger partial charge in [0.1, 0.15) is 5.75 Å². The summed E-state index contributed by atoms with van der Waals surface area (Å²) in [5.41, 5.74) is 0.963. The number of likely N-dealkylation sites (N-methyl/N-ethyl adjacent to an activating group) is 1. The smallest absolute Gasteiger partial charge is 0.258 e. The van der Waals surface area contributed by atoms with Crippen molar-refractivity contribution in [2.24, 2.45) is 0 Å². The number of benzene rings is 1. The standard InChI is InChI=1S/C18H21N3O4S/c1-19-8-9-21(16-12-26(24,25)11-15(16)19)18(23)14-10-13(4-5-17(14)22)20-6-2-3-7-20/h2-7,10,15-16,22H,8-9,11-12H2,1H3/t15-,16+/m0/s1. The van der Waals surface area contributed by atoms with Crippen molar-refractivity contribution in [3.8, 4) is 11.4 Å². The zero-order chi connectivity index (χ0) is 18.5. The van der Waals surface area contributed by atoms with E-state index >= 15 is 0 Å². The molecule has 2 atom stereocenters. The molecule has 2 saturated heterocycles. The van der Waals surface area contributed by atoms with E-state index in [0.717, 1.165) is 5.69 Å². The number of sulfone groups is 1. The molecule has 138 valence electrons. The Bertz CT molecular complexity index is 939. The highest BCUT2D eigenvalue weighted by molar-refractivity contribution is 7.91. The first-order valence-electron chi connectivity index (χ1n) is 8.54. The molecule has 2 aliphatic rings. The van der Waals surface area contributed by atoms with Crippen LogP contribution in [0.3, 0.4) is 0 Å². The number of hydrogen-bond donors (Lipinski definition) is 1. The fourth-order valence-corrected chi connectivity index (χ4v) is 5.95. The van der Waals surface area contributed by atoms with Crippen LogP contribution in [0.4, 0.5) is 0 Å². The molecule has 7 nitrogen and oxygen atoms in total. The third-order valence-corrected chi connectivity index (χ3v) is 7.03. The molecule has 3 heterocycles. The van der Waals surface area contributed by atoms with Gasteiger partial charge in [0.2, 0.25) is 0 Å². The van der Waals surface area contributed by atoms with Crippen LogP contribution in [-0.2, 0) is 9.84 Å². The minimum absolute atomic E-state index is 0.0220. The number of aromatic hydroxyl groups is 1. The van der Waals surface area contributed by atoms with E-state index in [0.29, 0.717) is 13.1 Å². The summed E-state index contributed by atoms with van der Waals surface area (Å²) in [6.45, 7) is 1.06. The predicted octanol–water partition coefficient (Wildman–Crippen LogP) is 0.736. The molecular weight excluding hydrogens is 354 g/mol. The monoisotopic (exact) mass is 375 g/mol. The van der Waals surface area contributed by atoms with Gasteiger partial charge in [-0.15, -0.1) is 0 Å². The summed E-state index contributed by atoms with van der Waals surface area (Å²) >= 11 is 0. The molecule has 1 amide bonds. The average molecular weight is 375 g/mol. The van der Waals surface area contributed by atoms with Gasteiger partial charge in [0.25, 0.3) is 5.91 Å². The van der Waals surface area contributed by atoms with Crippen LogP contribution < -0.4 is 0 Å². The van der Waals surface area contributed by atoms with Gasteiger partial charge >= 0.3 is 0 Å². The van der Waals surface area contributed by atoms with Crippen molar-refractivity contribution < 1.29 is 18.3 Å². The summed E-state index contributed by atoms with van der Waals surface area (Å²) in [6, 6.07) is 8.08. The maximum absolute atomic E-state index is 13.1. The molecule has 0 spiro atoms. The van der Waals surface area contributed by atoms with Gasteiger partial charge in [-0.3, -0.25) is 9.69 Å². The molecule has 2 aromatic rings. The molecule has 4 rings (SSSR count). The van der Waals surface area contributed by atoms with E-state index in [4.69, 9.17) is 0 Å². The molecule has 1 N–H and O–H groups in total. The van der Waals surface area contributed by atoms with Crippen LogP contribution in [0, 0.1) is 0 Å². The van der Waals surface area contributed by atoms with Crippen LogP contribution in [0.5, 0.6) is 5.75 Å². The molecule has 0 saturated carbocycles. The molecule has 1 aromatic carbocycles. The molecule has 26 heavy (non-hydrogen) atoms. The Labute approximate surface area is 152 Å². The number of carbonyl (C=O) groups is 1. The first-order chi connectivity index (χ1) is 12.4.